The predicted octanol–water partition coefficient (Wildman–Crippen LogP) is 3.20. The number of rotatable bonds is 6. The molecule has 2 N–H and O–H groups in total. The van der Waals surface area contributed by atoms with Crippen LogP contribution in [-0.4, -0.2) is 63.2 Å². The molecule has 0 aromatic heterocycles. The third kappa shape index (κ3) is 6.17. The van der Waals surface area contributed by atoms with Crippen molar-refractivity contribution in [2.24, 2.45) is 4.99 Å². The minimum absolute atomic E-state index is 0. The minimum Gasteiger partial charge on any atom is -0.367 e. The Morgan fingerprint density at radius 1 is 1.25 bits per heavy atom. The van der Waals surface area contributed by atoms with Crippen LogP contribution in [0.2, 0.25) is 0 Å². The smallest absolute Gasteiger partial charge is 0.191 e. The molecule has 0 bridgehead atoms. The highest BCUT2D eigenvalue weighted by molar-refractivity contribution is 14.0. The van der Waals surface area contributed by atoms with Gasteiger partial charge in [-0.1, -0.05) is 12.8 Å². The average molecular weight is 507 g/mol. The van der Waals surface area contributed by atoms with Crippen LogP contribution in [-0.2, 0) is 0 Å². The fraction of sp³-hybridized carbons (Fsp3) is 0.650. The number of aliphatic imine (C=N–C) groups is 1. The zero-order valence-electron chi connectivity index (χ0n) is 16.8. The maximum Gasteiger partial charge on any atom is 0.191 e. The summed E-state index contributed by atoms with van der Waals surface area (Å²) in [7, 11) is 3.96. The first-order valence-corrected chi connectivity index (χ1v) is 9.94. The van der Waals surface area contributed by atoms with Crippen LogP contribution >= 0.6 is 24.0 Å². The molecule has 158 valence electrons. The lowest BCUT2D eigenvalue weighted by molar-refractivity contribution is 0.249. The summed E-state index contributed by atoms with van der Waals surface area (Å²) < 4.78 is 27.1. The monoisotopic (exact) mass is 507 g/mol. The first-order valence-electron chi connectivity index (χ1n) is 9.94. The van der Waals surface area contributed by atoms with E-state index in [9.17, 15) is 8.78 Å². The summed E-state index contributed by atoms with van der Waals surface area (Å²) in [6.45, 7) is 3.24. The summed E-state index contributed by atoms with van der Waals surface area (Å²) in [5.41, 5.74) is 0.460. The van der Waals surface area contributed by atoms with E-state index in [-0.39, 0.29) is 30.0 Å². The molecule has 0 radical (unpaired) electrons. The van der Waals surface area contributed by atoms with E-state index >= 15 is 0 Å². The van der Waals surface area contributed by atoms with Gasteiger partial charge in [-0.2, -0.15) is 0 Å². The highest BCUT2D eigenvalue weighted by atomic mass is 127. The molecule has 1 aliphatic heterocycles. The number of nitrogens with zero attached hydrogens (tertiary/aromatic N) is 3. The summed E-state index contributed by atoms with van der Waals surface area (Å²) in [6.07, 6.45) is 6.19. The van der Waals surface area contributed by atoms with Gasteiger partial charge in [-0.15, -0.1) is 24.0 Å². The first kappa shape index (κ1) is 23.1. The fourth-order valence-corrected chi connectivity index (χ4v) is 4.10. The maximum atomic E-state index is 14.0. The van der Waals surface area contributed by atoms with E-state index in [2.05, 4.69) is 27.6 Å². The summed E-state index contributed by atoms with van der Waals surface area (Å²) in [4.78, 5) is 8.69. The van der Waals surface area contributed by atoms with Crippen molar-refractivity contribution in [3.8, 4) is 0 Å². The lowest BCUT2D eigenvalue weighted by Crippen LogP contribution is -2.47. The molecular weight excluding hydrogens is 475 g/mol. The van der Waals surface area contributed by atoms with Crippen molar-refractivity contribution in [1.82, 2.24) is 15.5 Å². The third-order valence-electron chi connectivity index (χ3n) is 5.71. The number of guanidine groups is 1. The number of likely N-dealkylation sites (N-methyl/N-ethyl adjacent to an activating group) is 1. The van der Waals surface area contributed by atoms with Crippen molar-refractivity contribution >= 4 is 35.6 Å². The van der Waals surface area contributed by atoms with Crippen LogP contribution in [0, 0.1) is 11.6 Å². The zero-order valence-corrected chi connectivity index (χ0v) is 19.1. The Labute approximate surface area is 184 Å². The summed E-state index contributed by atoms with van der Waals surface area (Å²) in [6, 6.07) is 4.67. The van der Waals surface area contributed by atoms with Crippen molar-refractivity contribution in [2.45, 2.75) is 44.2 Å². The van der Waals surface area contributed by atoms with Crippen LogP contribution in [0.15, 0.2) is 23.2 Å². The van der Waals surface area contributed by atoms with E-state index < -0.39 is 11.6 Å². The van der Waals surface area contributed by atoms with Gasteiger partial charge in [0.05, 0.1) is 5.69 Å². The summed E-state index contributed by atoms with van der Waals surface area (Å²) in [5, 5.41) is 6.80. The average Bonchev–Trinajstić information content (AvgIpc) is 3.33. The Hall–Kier alpha value is -1.16. The van der Waals surface area contributed by atoms with Gasteiger partial charge in [0.25, 0.3) is 0 Å². The Kier molecular flexibility index (Phi) is 9.20. The van der Waals surface area contributed by atoms with Crippen LogP contribution in [0.5, 0.6) is 0 Å². The SMILES string of the molecule is CN=C(NCCN(C)C1CCCC1)NC1CCN(c2ccc(F)cc2F)C1.I. The van der Waals surface area contributed by atoms with Gasteiger partial charge in [0.15, 0.2) is 5.96 Å². The standard InChI is InChI=1S/C20H31F2N5.HI/c1-23-20(24-10-12-26(2)17-5-3-4-6-17)25-16-9-11-27(14-16)19-8-7-15(21)13-18(19)22;/h7-8,13,16-17H,3-6,9-12,14H2,1-2H3,(H2,23,24,25);1H. The molecule has 1 saturated heterocycles. The Morgan fingerprint density at radius 2 is 2.00 bits per heavy atom. The molecule has 1 unspecified atom stereocenters. The Bertz CT molecular complexity index is 651. The van der Waals surface area contributed by atoms with Gasteiger partial charge in [-0.3, -0.25) is 4.99 Å². The summed E-state index contributed by atoms with van der Waals surface area (Å²) in [5.74, 6) is -0.272. The molecule has 28 heavy (non-hydrogen) atoms. The minimum atomic E-state index is -0.544. The van der Waals surface area contributed by atoms with E-state index in [1.165, 1.54) is 37.8 Å². The van der Waals surface area contributed by atoms with Crippen LogP contribution in [0.25, 0.3) is 0 Å². The van der Waals surface area contributed by atoms with Gasteiger partial charge in [0.2, 0.25) is 0 Å². The Morgan fingerprint density at radius 3 is 2.68 bits per heavy atom. The molecule has 5 nitrogen and oxygen atoms in total. The number of hydrogen-bond donors (Lipinski definition) is 2. The molecule has 2 fully saturated rings. The number of nitrogens with one attached hydrogen (secondary N) is 2. The lowest BCUT2D eigenvalue weighted by atomic mass is 10.2. The number of anilines is 1. The quantitative estimate of drug-likeness (QED) is 0.353. The van der Waals surface area contributed by atoms with E-state index in [1.54, 1.807) is 7.05 Å². The van der Waals surface area contributed by atoms with Crippen molar-refractivity contribution in [1.29, 1.82) is 0 Å². The van der Waals surface area contributed by atoms with E-state index in [4.69, 9.17) is 0 Å². The van der Waals surface area contributed by atoms with Crippen LogP contribution in [0.3, 0.4) is 0 Å². The highest BCUT2D eigenvalue weighted by Gasteiger charge is 2.25. The largest absolute Gasteiger partial charge is 0.367 e. The topological polar surface area (TPSA) is 42.9 Å². The van der Waals surface area contributed by atoms with Gasteiger partial charge in [-0.25, -0.2) is 8.78 Å². The van der Waals surface area contributed by atoms with Gasteiger partial charge in [0.1, 0.15) is 11.6 Å². The highest BCUT2D eigenvalue weighted by Crippen LogP contribution is 2.24. The lowest BCUT2D eigenvalue weighted by Gasteiger charge is -2.25. The normalized spacial score (nSPS) is 20.5. The van der Waals surface area contributed by atoms with Crippen LogP contribution in [0.4, 0.5) is 14.5 Å². The molecule has 1 aromatic rings. The molecule has 0 spiro atoms. The van der Waals surface area contributed by atoms with Crippen LogP contribution in [0.1, 0.15) is 32.1 Å². The summed E-state index contributed by atoms with van der Waals surface area (Å²) >= 11 is 0. The van der Waals surface area contributed by atoms with E-state index in [0.717, 1.165) is 44.1 Å². The molecule has 8 heteroatoms. The fourth-order valence-electron chi connectivity index (χ4n) is 4.10. The van der Waals surface area contributed by atoms with Crippen LogP contribution < -0.4 is 15.5 Å². The molecule has 1 heterocycles. The molecule has 1 aliphatic carbocycles. The molecule has 3 rings (SSSR count). The predicted molar refractivity (Wildman–Crippen MR) is 122 cm³/mol. The van der Waals surface area contributed by atoms with Crippen molar-refractivity contribution in [3.05, 3.63) is 29.8 Å². The molecule has 1 atom stereocenters. The third-order valence-corrected chi connectivity index (χ3v) is 5.71. The van der Waals surface area contributed by atoms with E-state index in [1.807, 2.05) is 4.90 Å². The molecule has 1 saturated carbocycles. The molecular formula is C20H32F2IN5. The molecule has 0 amide bonds. The first-order chi connectivity index (χ1) is 13.1. The maximum absolute atomic E-state index is 14.0. The number of benzene rings is 1. The number of hydrogen-bond acceptors (Lipinski definition) is 3. The van der Waals surface area contributed by atoms with Gasteiger partial charge >= 0.3 is 0 Å². The van der Waals surface area contributed by atoms with E-state index in [0.29, 0.717) is 12.2 Å². The van der Waals surface area contributed by atoms with Crippen molar-refractivity contribution in [2.75, 3.05) is 45.2 Å². The second kappa shape index (κ2) is 11.1. The van der Waals surface area contributed by atoms with Crippen molar-refractivity contribution in [3.63, 3.8) is 0 Å². The van der Waals surface area contributed by atoms with Gasteiger partial charge in [-0.05, 0) is 38.4 Å². The molecule has 1 aromatic carbocycles. The van der Waals surface area contributed by atoms with Crippen molar-refractivity contribution < 1.29 is 8.78 Å². The number of halogens is 3. The second-order valence-corrected chi connectivity index (χ2v) is 7.59. The zero-order chi connectivity index (χ0) is 19.2. The molecule has 2 aliphatic rings. The van der Waals surface area contributed by atoms with Gasteiger partial charge in [0, 0.05) is 51.4 Å². The van der Waals surface area contributed by atoms with Gasteiger partial charge < -0.3 is 20.4 Å². The Balaban J connectivity index is 0.00000280. The second-order valence-electron chi connectivity index (χ2n) is 7.59.